The number of hydrogen-bond donors (Lipinski definition) is 3. The lowest BCUT2D eigenvalue weighted by atomic mass is 9.98. The molecule has 2 atom stereocenters. The number of aliphatic carboxylic acids is 1. The fourth-order valence-electron chi connectivity index (χ4n) is 4.28. The van der Waals surface area contributed by atoms with E-state index in [9.17, 15) is 19.5 Å². The molecule has 1 aliphatic carbocycles. The summed E-state index contributed by atoms with van der Waals surface area (Å²) in [4.78, 5) is 36.7. The SMILES string of the molecule is CCCCC(NC(=O)[C@@H](CCC)NC(=O)OCC1c2ccccc2-c2ccccc21)C(=O)O. The van der Waals surface area contributed by atoms with Crippen LogP contribution in [0.25, 0.3) is 11.1 Å². The molecule has 2 aromatic carbocycles. The number of alkyl carbamates (subject to hydrolysis) is 1. The van der Waals surface area contributed by atoms with Crippen LogP contribution in [0, 0.1) is 0 Å². The molecule has 7 nitrogen and oxygen atoms in total. The fraction of sp³-hybridized carbons (Fsp3) is 0.423. The van der Waals surface area contributed by atoms with Crippen LogP contribution < -0.4 is 10.6 Å². The van der Waals surface area contributed by atoms with E-state index in [2.05, 4.69) is 22.8 Å². The van der Waals surface area contributed by atoms with Gasteiger partial charge in [-0.05, 0) is 35.1 Å². The van der Waals surface area contributed by atoms with Gasteiger partial charge in [0.2, 0.25) is 5.91 Å². The summed E-state index contributed by atoms with van der Waals surface area (Å²) in [5.74, 6) is -1.66. The first kappa shape index (κ1) is 24.3. The molecule has 7 heteroatoms. The highest BCUT2D eigenvalue weighted by Crippen LogP contribution is 2.44. The number of hydrogen-bond acceptors (Lipinski definition) is 4. The van der Waals surface area contributed by atoms with Gasteiger partial charge in [0.25, 0.3) is 0 Å². The fourth-order valence-corrected chi connectivity index (χ4v) is 4.28. The first-order chi connectivity index (χ1) is 16.0. The summed E-state index contributed by atoms with van der Waals surface area (Å²) in [5, 5.41) is 14.6. The second-order valence-electron chi connectivity index (χ2n) is 8.35. The van der Waals surface area contributed by atoms with Gasteiger partial charge in [0, 0.05) is 5.92 Å². The lowest BCUT2D eigenvalue weighted by Gasteiger charge is -2.21. The molecule has 33 heavy (non-hydrogen) atoms. The Morgan fingerprint density at radius 1 is 0.879 bits per heavy atom. The van der Waals surface area contributed by atoms with Crippen molar-refractivity contribution in [3.63, 3.8) is 0 Å². The van der Waals surface area contributed by atoms with E-state index >= 15 is 0 Å². The minimum Gasteiger partial charge on any atom is -0.480 e. The zero-order valence-corrected chi connectivity index (χ0v) is 19.2. The Morgan fingerprint density at radius 2 is 1.48 bits per heavy atom. The molecular weight excluding hydrogens is 420 g/mol. The normalized spacial score (nSPS) is 14.0. The predicted octanol–water partition coefficient (Wildman–Crippen LogP) is 4.45. The van der Waals surface area contributed by atoms with E-state index < -0.39 is 30.1 Å². The summed E-state index contributed by atoms with van der Waals surface area (Å²) in [6, 6.07) is 14.3. The van der Waals surface area contributed by atoms with Crippen molar-refractivity contribution in [2.45, 2.75) is 64.0 Å². The Hall–Kier alpha value is -3.35. The van der Waals surface area contributed by atoms with Crippen molar-refractivity contribution in [2.75, 3.05) is 6.61 Å². The summed E-state index contributed by atoms with van der Waals surface area (Å²) in [5.41, 5.74) is 4.48. The maximum Gasteiger partial charge on any atom is 0.407 e. The van der Waals surface area contributed by atoms with Gasteiger partial charge in [-0.2, -0.15) is 0 Å². The van der Waals surface area contributed by atoms with E-state index in [-0.39, 0.29) is 12.5 Å². The van der Waals surface area contributed by atoms with Gasteiger partial charge < -0.3 is 20.5 Å². The number of nitrogens with one attached hydrogen (secondary N) is 2. The Labute approximate surface area is 194 Å². The number of ether oxygens (including phenoxy) is 1. The first-order valence-electron chi connectivity index (χ1n) is 11.6. The van der Waals surface area contributed by atoms with Crippen LogP contribution in [0.4, 0.5) is 4.79 Å². The van der Waals surface area contributed by atoms with Gasteiger partial charge in [0.05, 0.1) is 0 Å². The van der Waals surface area contributed by atoms with Crippen LogP contribution in [0.3, 0.4) is 0 Å². The molecule has 3 N–H and O–H groups in total. The third-order valence-corrected chi connectivity index (χ3v) is 5.99. The number of carbonyl (C=O) groups is 3. The average Bonchev–Trinajstić information content (AvgIpc) is 3.13. The minimum atomic E-state index is -1.08. The molecule has 1 unspecified atom stereocenters. The lowest BCUT2D eigenvalue weighted by molar-refractivity contribution is -0.142. The molecule has 0 saturated heterocycles. The Bertz CT molecular complexity index is 945. The van der Waals surface area contributed by atoms with Crippen molar-refractivity contribution >= 4 is 18.0 Å². The molecule has 0 aliphatic heterocycles. The predicted molar refractivity (Wildman–Crippen MR) is 126 cm³/mol. The van der Waals surface area contributed by atoms with Crippen LogP contribution in [0.15, 0.2) is 48.5 Å². The molecular formula is C26H32N2O5. The maximum absolute atomic E-state index is 12.7. The van der Waals surface area contributed by atoms with Gasteiger partial charge in [-0.25, -0.2) is 9.59 Å². The molecule has 1 aliphatic rings. The molecule has 0 radical (unpaired) electrons. The van der Waals surface area contributed by atoms with Crippen molar-refractivity contribution in [1.29, 1.82) is 0 Å². The van der Waals surface area contributed by atoms with Crippen LogP contribution >= 0.6 is 0 Å². The molecule has 0 aromatic heterocycles. The summed E-state index contributed by atoms with van der Waals surface area (Å²) in [6.45, 7) is 4.00. The second-order valence-corrected chi connectivity index (χ2v) is 8.35. The molecule has 0 bridgehead atoms. The number of rotatable bonds is 11. The van der Waals surface area contributed by atoms with Crippen molar-refractivity contribution in [1.82, 2.24) is 10.6 Å². The highest BCUT2D eigenvalue weighted by molar-refractivity contribution is 5.89. The van der Waals surface area contributed by atoms with Crippen LogP contribution in [0.1, 0.15) is 63.0 Å². The number of unbranched alkanes of at least 4 members (excludes halogenated alkanes) is 1. The number of amides is 2. The standard InChI is InChI=1S/C26H32N2O5/c1-3-5-15-23(25(30)31)27-24(29)22(10-4-2)28-26(32)33-16-21-19-13-8-6-11-17(19)18-12-7-9-14-20(18)21/h6-9,11-14,21-23H,3-5,10,15-16H2,1-2H3,(H,27,29)(H,28,32)(H,30,31)/t22-,23?/m1/s1. The smallest absolute Gasteiger partial charge is 0.407 e. The summed E-state index contributed by atoms with van der Waals surface area (Å²) >= 11 is 0. The Morgan fingerprint density at radius 3 is 2.03 bits per heavy atom. The molecule has 176 valence electrons. The first-order valence-corrected chi connectivity index (χ1v) is 11.6. The van der Waals surface area contributed by atoms with Gasteiger partial charge in [-0.1, -0.05) is 81.6 Å². The van der Waals surface area contributed by atoms with E-state index in [1.54, 1.807) is 0 Å². The summed E-state index contributed by atoms with van der Waals surface area (Å²) in [7, 11) is 0. The largest absolute Gasteiger partial charge is 0.480 e. The van der Waals surface area contributed by atoms with Gasteiger partial charge >= 0.3 is 12.1 Å². The molecule has 3 rings (SSSR count). The maximum atomic E-state index is 12.7. The number of carboxylic acids is 1. The second kappa shape index (κ2) is 11.5. The number of benzene rings is 2. The highest BCUT2D eigenvalue weighted by Gasteiger charge is 2.30. The zero-order chi connectivity index (χ0) is 23.8. The van der Waals surface area contributed by atoms with Gasteiger partial charge in [-0.3, -0.25) is 4.79 Å². The van der Waals surface area contributed by atoms with Crippen LogP contribution in [-0.4, -0.2) is 41.8 Å². The monoisotopic (exact) mass is 452 g/mol. The summed E-state index contributed by atoms with van der Waals surface area (Å²) in [6.07, 6.45) is 2.21. The molecule has 2 aromatic rings. The zero-order valence-electron chi connectivity index (χ0n) is 19.2. The van der Waals surface area contributed by atoms with Crippen LogP contribution in [0.2, 0.25) is 0 Å². The van der Waals surface area contributed by atoms with Crippen molar-refractivity contribution in [3.05, 3.63) is 59.7 Å². The quantitative estimate of drug-likeness (QED) is 0.467. The van der Waals surface area contributed by atoms with Gasteiger partial charge in [0.1, 0.15) is 18.7 Å². The van der Waals surface area contributed by atoms with Crippen molar-refractivity contribution < 1.29 is 24.2 Å². The van der Waals surface area contributed by atoms with Gasteiger partial charge in [0.15, 0.2) is 0 Å². The van der Waals surface area contributed by atoms with E-state index in [0.717, 1.165) is 28.7 Å². The van der Waals surface area contributed by atoms with Gasteiger partial charge in [-0.15, -0.1) is 0 Å². The van der Waals surface area contributed by atoms with E-state index in [4.69, 9.17) is 4.74 Å². The van der Waals surface area contributed by atoms with E-state index in [1.165, 1.54) is 0 Å². The lowest BCUT2D eigenvalue weighted by Crippen LogP contribution is -2.51. The third kappa shape index (κ3) is 5.92. The topological polar surface area (TPSA) is 105 Å². The van der Waals surface area contributed by atoms with Crippen molar-refractivity contribution in [2.24, 2.45) is 0 Å². The summed E-state index contributed by atoms with van der Waals surface area (Å²) < 4.78 is 5.54. The van der Waals surface area contributed by atoms with E-state index in [0.29, 0.717) is 25.7 Å². The number of carbonyl (C=O) groups excluding carboxylic acids is 2. The Kier molecular flexibility index (Phi) is 8.46. The molecule has 0 heterocycles. The number of carboxylic acid groups (broad SMARTS) is 1. The van der Waals surface area contributed by atoms with Crippen LogP contribution in [-0.2, 0) is 14.3 Å². The van der Waals surface area contributed by atoms with Crippen LogP contribution in [0.5, 0.6) is 0 Å². The molecule has 0 spiro atoms. The average molecular weight is 453 g/mol. The van der Waals surface area contributed by atoms with E-state index in [1.807, 2.05) is 50.2 Å². The highest BCUT2D eigenvalue weighted by atomic mass is 16.5. The minimum absolute atomic E-state index is 0.0768. The van der Waals surface area contributed by atoms with Crippen molar-refractivity contribution in [3.8, 4) is 11.1 Å². The number of fused-ring (bicyclic) bond motifs is 3. The molecule has 0 fully saturated rings. The molecule has 0 saturated carbocycles. The Balaban J connectivity index is 1.62. The third-order valence-electron chi connectivity index (χ3n) is 5.99. The molecule has 2 amide bonds.